The summed E-state index contributed by atoms with van der Waals surface area (Å²) in [6.07, 6.45) is 11.9. The molecule has 0 bridgehead atoms. The van der Waals surface area contributed by atoms with Crippen molar-refractivity contribution in [1.29, 1.82) is 0 Å². The van der Waals surface area contributed by atoms with E-state index in [9.17, 15) is 0 Å². The predicted molar refractivity (Wildman–Crippen MR) is 93.6 cm³/mol. The van der Waals surface area contributed by atoms with Crippen molar-refractivity contribution in [3.63, 3.8) is 0 Å². The van der Waals surface area contributed by atoms with Gasteiger partial charge in [0.1, 0.15) is 5.75 Å². The first-order chi connectivity index (χ1) is 11.3. The summed E-state index contributed by atoms with van der Waals surface area (Å²) in [6.45, 7) is 2.83. The average molecular weight is 330 g/mol. The van der Waals surface area contributed by atoms with Crippen molar-refractivity contribution in [2.45, 2.75) is 39.0 Å². The van der Waals surface area contributed by atoms with Gasteiger partial charge >= 0.3 is 0 Å². The van der Waals surface area contributed by atoms with Crippen LogP contribution in [0.5, 0.6) is 5.75 Å². The second-order valence-electron chi connectivity index (χ2n) is 6.03. The SMILES string of the molecule is CCc1cnc(-c2ccc(OCC3CC[CH]CC3)c(Cl)c2)nc1. The zero-order valence-corrected chi connectivity index (χ0v) is 14.2. The molecule has 0 aliphatic heterocycles. The van der Waals surface area contributed by atoms with Gasteiger partial charge in [-0.05, 0) is 68.2 Å². The van der Waals surface area contributed by atoms with E-state index in [0.29, 0.717) is 16.8 Å². The van der Waals surface area contributed by atoms with Crippen molar-refractivity contribution in [3.8, 4) is 17.1 Å². The van der Waals surface area contributed by atoms with Crippen molar-refractivity contribution in [3.05, 3.63) is 47.6 Å². The molecule has 1 aromatic carbocycles. The van der Waals surface area contributed by atoms with Crippen molar-refractivity contribution < 1.29 is 4.74 Å². The first-order valence-electron chi connectivity index (χ1n) is 8.31. The van der Waals surface area contributed by atoms with Gasteiger partial charge in [0.2, 0.25) is 0 Å². The summed E-state index contributed by atoms with van der Waals surface area (Å²) >= 11 is 6.37. The minimum absolute atomic E-state index is 0.619. The van der Waals surface area contributed by atoms with Gasteiger partial charge in [-0.2, -0.15) is 0 Å². The van der Waals surface area contributed by atoms with Gasteiger partial charge in [0.05, 0.1) is 11.6 Å². The fraction of sp³-hybridized carbons (Fsp3) is 0.421. The molecule has 4 heteroatoms. The van der Waals surface area contributed by atoms with Gasteiger partial charge in [0.15, 0.2) is 5.82 Å². The maximum atomic E-state index is 6.37. The fourth-order valence-electron chi connectivity index (χ4n) is 2.81. The molecule has 0 unspecified atom stereocenters. The van der Waals surface area contributed by atoms with Crippen LogP contribution >= 0.6 is 11.6 Å². The first-order valence-corrected chi connectivity index (χ1v) is 8.69. The normalized spacial score (nSPS) is 15.6. The minimum Gasteiger partial charge on any atom is -0.492 e. The summed E-state index contributed by atoms with van der Waals surface area (Å²) < 4.78 is 5.92. The molecule has 0 atom stereocenters. The topological polar surface area (TPSA) is 35.0 Å². The Kier molecular flexibility index (Phi) is 5.50. The Hall–Kier alpha value is -1.61. The molecular weight excluding hydrogens is 308 g/mol. The molecule has 1 aliphatic rings. The number of halogens is 1. The van der Waals surface area contributed by atoms with Crippen LogP contribution in [0.25, 0.3) is 11.4 Å². The molecule has 1 aliphatic carbocycles. The average Bonchev–Trinajstić information content (AvgIpc) is 2.61. The van der Waals surface area contributed by atoms with E-state index in [1.807, 2.05) is 30.6 Å². The summed E-state index contributed by atoms with van der Waals surface area (Å²) in [6, 6.07) is 5.77. The summed E-state index contributed by atoms with van der Waals surface area (Å²) in [5, 5.41) is 0.619. The Morgan fingerprint density at radius 2 is 1.91 bits per heavy atom. The van der Waals surface area contributed by atoms with Crippen LogP contribution in [0, 0.1) is 12.3 Å². The molecule has 1 saturated carbocycles. The van der Waals surface area contributed by atoms with E-state index in [0.717, 1.165) is 29.9 Å². The molecule has 121 valence electrons. The standard InChI is InChI=1S/C19H22ClN2O/c1-2-14-11-21-19(22-12-14)16-8-9-18(17(20)10-16)23-13-15-6-4-3-5-7-15/h3,8-12,15H,2,4-7,13H2,1H3. The van der Waals surface area contributed by atoms with E-state index in [-0.39, 0.29) is 0 Å². The van der Waals surface area contributed by atoms with Crippen LogP contribution < -0.4 is 4.74 Å². The van der Waals surface area contributed by atoms with E-state index in [1.54, 1.807) is 0 Å². The third-order valence-corrected chi connectivity index (χ3v) is 4.63. The summed E-state index contributed by atoms with van der Waals surface area (Å²) in [5.74, 6) is 2.08. The van der Waals surface area contributed by atoms with Gasteiger partial charge in [-0.25, -0.2) is 9.97 Å². The molecule has 3 rings (SSSR count). The number of benzene rings is 1. The first kappa shape index (κ1) is 16.3. The van der Waals surface area contributed by atoms with Crippen LogP contribution in [0.15, 0.2) is 30.6 Å². The second-order valence-corrected chi connectivity index (χ2v) is 6.44. The largest absolute Gasteiger partial charge is 0.492 e. The Morgan fingerprint density at radius 3 is 2.57 bits per heavy atom. The molecule has 1 aromatic heterocycles. The third kappa shape index (κ3) is 4.23. The van der Waals surface area contributed by atoms with Crippen molar-refractivity contribution in [2.24, 2.45) is 5.92 Å². The number of hydrogen-bond acceptors (Lipinski definition) is 3. The molecule has 0 saturated heterocycles. The molecule has 3 nitrogen and oxygen atoms in total. The van der Waals surface area contributed by atoms with Gasteiger partial charge in [-0.3, -0.25) is 0 Å². The lowest BCUT2D eigenvalue weighted by atomic mass is 9.90. The maximum absolute atomic E-state index is 6.37. The van der Waals surface area contributed by atoms with Gasteiger partial charge in [-0.1, -0.05) is 18.5 Å². The minimum atomic E-state index is 0.619. The number of hydrogen-bond donors (Lipinski definition) is 0. The highest BCUT2D eigenvalue weighted by Crippen LogP contribution is 2.31. The Balaban J connectivity index is 1.67. The van der Waals surface area contributed by atoms with Crippen molar-refractivity contribution in [2.75, 3.05) is 6.61 Å². The third-order valence-electron chi connectivity index (χ3n) is 4.34. The number of rotatable bonds is 5. The molecule has 1 heterocycles. The summed E-state index contributed by atoms with van der Waals surface area (Å²) in [4.78, 5) is 8.79. The molecule has 2 aromatic rings. The lowest BCUT2D eigenvalue weighted by molar-refractivity contribution is 0.221. The lowest BCUT2D eigenvalue weighted by Crippen LogP contribution is -2.15. The van der Waals surface area contributed by atoms with Crippen molar-refractivity contribution in [1.82, 2.24) is 9.97 Å². The number of aryl methyl sites for hydroxylation is 1. The van der Waals surface area contributed by atoms with Crippen LogP contribution in [0.3, 0.4) is 0 Å². The molecule has 1 fully saturated rings. The van der Waals surface area contributed by atoms with Gasteiger partial charge in [0.25, 0.3) is 0 Å². The molecule has 1 radical (unpaired) electrons. The molecule has 0 spiro atoms. The number of ether oxygens (including phenoxy) is 1. The summed E-state index contributed by atoms with van der Waals surface area (Å²) in [5.41, 5.74) is 2.04. The van der Waals surface area contributed by atoms with E-state index in [1.165, 1.54) is 25.7 Å². The van der Waals surface area contributed by atoms with Gasteiger partial charge < -0.3 is 4.74 Å². The number of aromatic nitrogens is 2. The van der Waals surface area contributed by atoms with E-state index >= 15 is 0 Å². The zero-order valence-electron chi connectivity index (χ0n) is 13.5. The fourth-order valence-corrected chi connectivity index (χ4v) is 3.05. The maximum Gasteiger partial charge on any atom is 0.159 e. The molecule has 0 N–H and O–H groups in total. The molecular formula is C19H22ClN2O. The molecule has 23 heavy (non-hydrogen) atoms. The molecule has 0 amide bonds. The monoisotopic (exact) mass is 329 g/mol. The van der Waals surface area contributed by atoms with Crippen LogP contribution in [-0.2, 0) is 6.42 Å². The Bertz CT molecular complexity index is 636. The van der Waals surface area contributed by atoms with Gasteiger partial charge in [-0.15, -0.1) is 0 Å². The quantitative estimate of drug-likeness (QED) is 0.762. The van der Waals surface area contributed by atoms with E-state index in [2.05, 4.69) is 23.3 Å². The van der Waals surface area contributed by atoms with Crippen LogP contribution in [-0.4, -0.2) is 16.6 Å². The highest BCUT2D eigenvalue weighted by atomic mass is 35.5. The van der Waals surface area contributed by atoms with Crippen LogP contribution in [0.2, 0.25) is 5.02 Å². The van der Waals surface area contributed by atoms with Crippen molar-refractivity contribution >= 4 is 11.6 Å². The van der Waals surface area contributed by atoms with Crippen LogP contribution in [0.1, 0.15) is 38.2 Å². The zero-order chi connectivity index (χ0) is 16.1. The van der Waals surface area contributed by atoms with E-state index in [4.69, 9.17) is 16.3 Å². The van der Waals surface area contributed by atoms with Gasteiger partial charge in [0, 0.05) is 18.0 Å². The predicted octanol–water partition coefficient (Wildman–Crippen LogP) is 5.13. The Morgan fingerprint density at radius 1 is 1.17 bits per heavy atom. The highest BCUT2D eigenvalue weighted by molar-refractivity contribution is 6.32. The Labute approximate surface area is 143 Å². The smallest absolute Gasteiger partial charge is 0.159 e. The number of nitrogens with zero attached hydrogens (tertiary/aromatic N) is 2. The lowest BCUT2D eigenvalue weighted by Gasteiger charge is -2.21. The van der Waals surface area contributed by atoms with Crippen LogP contribution in [0.4, 0.5) is 0 Å². The summed E-state index contributed by atoms with van der Waals surface area (Å²) in [7, 11) is 0. The highest BCUT2D eigenvalue weighted by Gasteiger charge is 2.15. The van der Waals surface area contributed by atoms with E-state index < -0.39 is 0 Å². The second kappa shape index (κ2) is 7.78.